The number of ketones is 1. The number of halogens is 1. The third-order valence-electron chi connectivity index (χ3n) is 3.27. The van der Waals surface area contributed by atoms with Crippen molar-refractivity contribution in [3.63, 3.8) is 0 Å². The quantitative estimate of drug-likeness (QED) is 0.511. The molecule has 3 aromatic rings. The van der Waals surface area contributed by atoms with Crippen LogP contribution in [0.3, 0.4) is 0 Å². The maximum absolute atomic E-state index is 12.9. The van der Waals surface area contributed by atoms with Gasteiger partial charge in [-0.05, 0) is 43.3 Å². The van der Waals surface area contributed by atoms with E-state index in [-0.39, 0.29) is 16.9 Å². The van der Waals surface area contributed by atoms with E-state index in [1.54, 1.807) is 19.5 Å². The number of carbonyl (C=O) groups is 1. The van der Waals surface area contributed by atoms with Crippen molar-refractivity contribution in [2.24, 2.45) is 0 Å². The van der Waals surface area contributed by atoms with Crippen LogP contribution >= 0.6 is 11.8 Å². The average Bonchev–Trinajstić information content (AvgIpc) is 3.20. The molecule has 0 saturated carbocycles. The molecule has 0 bridgehead atoms. The summed E-state index contributed by atoms with van der Waals surface area (Å²) in [5.74, 6) is 0.340. The third kappa shape index (κ3) is 3.68. The van der Waals surface area contributed by atoms with Crippen LogP contribution in [0.25, 0.3) is 0 Å². The molecule has 3 rings (SSSR count). The van der Waals surface area contributed by atoms with Crippen LogP contribution in [-0.2, 0) is 6.54 Å². The fraction of sp³-hybridized carbons (Fsp3) is 0.188. The molecule has 118 valence electrons. The van der Waals surface area contributed by atoms with Gasteiger partial charge < -0.3 is 8.98 Å². The van der Waals surface area contributed by atoms with E-state index in [0.29, 0.717) is 17.3 Å². The van der Waals surface area contributed by atoms with E-state index >= 15 is 0 Å². The highest BCUT2D eigenvalue weighted by atomic mass is 32.2. The van der Waals surface area contributed by atoms with E-state index in [4.69, 9.17) is 4.42 Å². The van der Waals surface area contributed by atoms with Crippen LogP contribution in [-0.4, -0.2) is 25.8 Å². The Morgan fingerprint density at radius 1 is 1.35 bits per heavy atom. The van der Waals surface area contributed by atoms with Crippen LogP contribution in [0.15, 0.2) is 58.6 Å². The number of aromatic nitrogens is 3. The van der Waals surface area contributed by atoms with Gasteiger partial charge in [-0.2, -0.15) is 0 Å². The van der Waals surface area contributed by atoms with Crippen molar-refractivity contribution >= 4 is 17.5 Å². The Balaban J connectivity index is 1.70. The molecule has 23 heavy (non-hydrogen) atoms. The smallest absolute Gasteiger partial charge is 0.192 e. The Morgan fingerprint density at radius 2 is 2.13 bits per heavy atom. The second kappa shape index (κ2) is 6.78. The highest BCUT2D eigenvalue weighted by Crippen LogP contribution is 2.24. The summed E-state index contributed by atoms with van der Waals surface area (Å²) in [6, 6.07) is 9.22. The summed E-state index contributed by atoms with van der Waals surface area (Å²) < 4.78 is 20.1. The van der Waals surface area contributed by atoms with Crippen molar-refractivity contribution in [2.45, 2.75) is 23.9 Å². The van der Waals surface area contributed by atoms with Gasteiger partial charge in [-0.3, -0.25) is 4.79 Å². The maximum Gasteiger partial charge on any atom is 0.192 e. The maximum atomic E-state index is 12.9. The van der Waals surface area contributed by atoms with Gasteiger partial charge in [0, 0.05) is 5.56 Å². The Hall–Kier alpha value is -2.41. The largest absolute Gasteiger partial charge is 0.467 e. The summed E-state index contributed by atoms with van der Waals surface area (Å²) in [6.45, 7) is 2.29. The van der Waals surface area contributed by atoms with Crippen LogP contribution in [0, 0.1) is 5.82 Å². The van der Waals surface area contributed by atoms with Crippen LogP contribution in [0.2, 0.25) is 0 Å². The predicted octanol–water partition coefficient (Wildman–Crippen LogP) is 3.42. The van der Waals surface area contributed by atoms with Crippen molar-refractivity contribution in [1.82, 2.24) is 14.8 Å². The normalized spacial score (nSPS) is 12.3. The molecule has 0 aliphatic heterocycles. The molecule has 5 nitrogen and oxygen atoms in total. The molecule has 2 aromatic heterocycles. The average molecular weight is 331 g/mol. The first-order valence-electron chi connectivity index (χ1n) is 7.00. The summed E-state index contributed by atoms with van der Waals surface area (Å²) >= 11 is 1.31. The molecule has 1 atom stereocenters. The lowest BCUT2D eigenvalue weighted by atomic mass is 10.1. The van der Waals surface area contributed by atoms with E-state index in [2.05, 4.69) is 10.2 Å². The fourth-order valence-electron chi connectivity index (χ4n) is 2.08. The van der Waals surface area contributed by atoms with E-state index in [1.165, 1.54) is 36.0 Å². The summed E-state index contributed by atoms with van der Waals surface area (Å²) in [7, 11) is 0. The standard InChI is InChI=1S/C16H14FN3O2S/c1-11(15(21)12-4-6-13(17)7-5-12)23-16-19-18-10-20(16)9-14-3-2-8-22-14/h2-8,10-11H,9H2,1H3. The minimum atomic E-state index is -0.361. The monoisotopic (exact) mass is 331 g/mol. The van der Waals surface area contributed by atoms with Crippen molar-refractivity contribution in [1.29, 1.82) is 0 Å². The van der Waals surface area contributed by atoms with Crippen molar-refractivity contribution in [3.05, 3.63) is 66.1 Å². The lowest BCUT2D eigenvalue weighted by Crippen LogP contribution is -2.14. The number of thioether (sulfide) groups is 1. The highest BCUT2D eigenvalue weighted by molar-refractivity contribution is 8.00. The second-order valence-electron chi connectivity index (χ2n) is 4.95. The first-order chi connectivity index (χ1) is 11.1. The van der Waals surface area contributed by atoms with Gasteiger partial charge >= 0.3 is 0 Å². The van der Waals surface area contributed by atoms with Crippen molar-refractivity contribution in [3.8, 4) is 0 Å². The number of Topliss-reactive ketones (excluding diaryl/α,β-unsaturated/α-hetero) is 1. The molecule has 0 radical (unpaired) electrons. The number of rotatable bonds is 6. The van der Waals surface area contributed by atoms with E-state index in [9.17, 15) is 9.18 Å². The number of carbonyl (C=O) groups excluding carboxylic acids is 1. The van der Waals surface area contributed by atoms with Gasteiger partial charge in [0.1, 0.15) is 17.9 Å². The molecule has 0 spiro atoms. The Labute approximate surface area is 136 Å². The fourth-order valence-corrected chi connectivity index (χ4v) is 2.98. The first kappa shape index (κ1) is 15.5. The van der Waals surface area contributed by atoms with E-state index in [0.717, 1.165) is 5.76 Å². The van der Waals surface area contributed by atoms with Gasteiger partial charge in [0.05, 0.1) is 18.1 Å². The van der Waals surface area contributed by atoms with Gasteiger partial charge in [0.15, 0.2) is 10.9 Å². The number of hydrogen-bond acceptors (Lipinski definition) is 5. The van der Waals surface area contributed by atoms with E-state index in [1.807, 2.05) is 16.7 Å². The predicted molar refractivity (Wildman–Crippen MR) is 83.9 cm³/mol. The number of hydrogen-bond donors (Lipinski definition) is 0. The minimum absolute atomic E-state index is 0.0810. The van der Waals surface area contributed by atoms with Crippen molar-refractivity contribution in [2.75, 3.05) is 0 Å². The molecule has 0 amide bonds. The van der Waals surface area contributed by atoms with Crippen LogP contribution in [0.1, 0.15) is 23.0 Å². The molecule has 0 aliphatic carbocycles. The molecule has 7 heteroatoms. The summed E-state index contributed by atoms with van der Waals surface area (Å²) in [5, 5.41) is 8.21. The van der Waals surface area contributed by atoms with Gasteiger partial charge in [-0.1, -0.05) is 11.8 Å². The molecule has 0 aliphatic rings. The Kier molecular flexibility index (Phi) is 4.57. The molecule has 0 N–H and O–H groups in total. The van der Waals surface area contributed by atoms with Crippen molar-refractivity contribution < 1.29 is 13.6 Å². The number of benzene rings is 1. The van der Waals surface area contributed by atoms with Gasteiger partial charge in [-0.15, -0.1) is 10.2 Å². The summed E-state index contributed by atoms with van der Waals surface area (Å²) in [6.07, 6.45) is 3.20. The molecular formula is C16H14FN3O2S. The lowest BCUT2D eigenvalue weighted by Gasteiger charge is -2.10. The zero-order valence-corrected chi connectivity index (χ0v) is 13.2. The second-order valence-corrected chi connectivity index (χ2v) is 6.26. The topological polar surface area (TPSA) is 60.9 Å². The van der Waals surface area contributed by atoms with Crippen LogP contribution in [0.5, 0.6) is 0 Å². The van der Waals surface area contributed by atoms with Crippen LogP contribution < -0.4 is 0 Å². The van der Waals surface area contributed by atoms with Gasteiger partial charge in [0.25, 0.3) is 0 Å². The summed E-state index contributed by atoms with van der Waals surface area (Å²) in [5.41, 5.74) is 0.475. The zero-order valence-electron chi connectivity index (χ0n) is 12.3. The third-order valence-corrected chi connectivity index (χ3v) is 4.36. The molecule has 0 saturated heterocycles. The number of furan rings is 1. The molecule has 0 fully saturated rings. The highest BCUT2D eigenvalue weighted by Gasteiger charge is 2.19. The summed E-state index contributed by atoms with van der Waals surface area (Å²) in [4.78, 5) is 12.4. The molecular weight excluding hydrogens is 317 g/mol. The minimum Gasteiger partial charge on any atom is -0.467 e. The Bertz CT molecular complexity index is 784. The molecule has 1 unspecified atom stereocenters. The molecule has 1 aromatic carbocycles. The molecule has 2 heterocycles. The first-order valence-corrected chi connectivity index (χ1v) is 7.88. The number of nitrogens with zero attached hydrogens (tertiary/aromatic N) is 3. The zero-order chi connectivity index (χ0) is 16.2. The van der Waals surface area contributed by atoms with Crippen LogP contribution in [0.4, 0.5) is 4.39 Å². The van der Waals surface area contributed by atoms with Gasteiger partial charge in [-0.25, -0.2) is 4.39 Å². The Morgan fingerprint density at radius 3 is 2.83 bits per heavy atom. The van der Waals surface area contributed by atoms with Gasteiger partial charge in [0.2, 0.25) is 0 Å². The SMILES string of the molecule is CC(Sc1nncn1Cc1ccco1)C(=O)c1ccc(F)cc1. The lowest BCUT2D eigenvalue weighted by molar-refractivity contribution is 0.0994. The van der Waals surface area contributed by atoms with E-state index < -0.39 is 0 Å².